The van der Waals surface area contributed by atoms with Gasteiger partial charge in [0.25, 0.3) is 0 Å². The normalized spacial score (nSPS) is 14.8. The van der Waals surface area contributed by atoms with Crippen LogP contribution in [0.2, 0.25) is 0 Å². The van der Waals surface area contributed by atoms with Crippen molar-refractivity contribution in [1.82, 2.24) is 9.78 Å². The summed E-state index contributed by atoms with van der Waals surface area (Å²) in [5.74, 6) is -1.08. The summed E-state index contributed by atoms with van der Waals surface area (Å²) in [7, 11) is 0. The van der Waals surface area contributed by atoms with Gasteiger partial charge in [-0.3, -0.25) is 9.48 Å². The summed E-state index contributed by atoms with van der Waals surface area (Å²) in [6, 6.07) is 1.72. The molecule has 0 aliphatic rings. The van der Waals surface area contributed by atoms with Gasteiger partial charge in [-0.25, -0.2) is 0 Å². The van der Waals surface area contributed by atoms with Gasteiger partial charge in [-0.1, -0.05) is 0 Å². The number of rotatable bonds is 6. The maximum atomic E-state index is 10.2. The van der Waals surface area contributed by atoms with E-state index in [1.165, 1.54) is 4.68 Å². The fourth-order valence-electron chi connectivity index (χ4n) is 1.30. The van der Waals surface area contributed by atoms with E-state index in [0.717, 1.165) is 0 Å². The van der Waals surface area contributed by atoms with E-state index in [1.54, 1.807) is 18.5 Å². The molecule has 0 fully saturated rings. The quantitative estimate of drug-likeness (QED) is 0.591. The molecule has 0 aliphatic heterocycles. The lowest BCUT2D eigenvalue weighted by molar-refractivity contribution is -0.139. The van der Waals surface area contributed by atoms with Gasteiger partial charge < -0.3 is 15.3 Å². The van der Waals surface area contributed by atoms with Crippen LogP contribution in [0.4, 0.5) is 0 Å². The molecule has 0 radical (unpaired) electrons. The van der Waals surface area contributed by atoms with Crippen LogP contribution in [0.3, 0.4) is 0 Å². The number of hydrogen-bond acceptors (Lipinski definition) is 4. The Morgan fingerprint density at radius 1 is 1.40 bits per heavy atom. The number of carboxylic acid groups (broad SMARTS) is 1. The van der Waals surface area contributed by atoms with Crippen LogP contribution in [0.5, 0.6) is 0 Å². The fourth-order valence-corrected chi connectivity index (χ4v) is 1.30. The second-order valence-electron chi connectivity index (χ2n) is 3.37. The average Bonchev–Trinajstić information content (AvgIpc) is 2.53. The topological polar surface area (TPSA) is 95.6 Å². The number of carboxylic acids is 1. The minimum Gasteiger partial charge on any atom is -0.481 e. The molecule has 6 nitrogen and oxygen atoms in total. The van der Waals surface area contributed by atoms with Crippen LogP contribution in [0.25, 0.3) is 0 Å². The Kier molecular flexibility index (Phi) is 4.26. The van der Waals surface area contributed by atoms with Gasteiger partial charge in [-0.15, -0.1) is 0 Å². The van der Waals surface area contributed by atoms with E-state index in [9.17, 15) is 15.0 Å². The molecule has 1 aromatic rings. The molecule has 0 amide bonds. The van der Waals surface area contributed by atoms with Gasteiger partial charge in [0.2, 0.25) is 0 Å². The predicted molar refractivity (Wildman–Crippen MR) is 51.1 cm³/mol. The molecule has 1 aromatic heterocycles. The van der Waals surface area contributed by atoms with Gasteiger partial charge in [0.05, 0.1) is 25.2 Å². The number of nitrogens with zero attached hydrogens (tertiary/aromatic N) is 2. The molecule has 84 valence electrons. The molecule has 0 aromatic carbocycles. The summed E-state index contributed by atoms with van der Waals surface area (Å²) >= 11 is 0. The smallest absolute Gasteiger partial charge is 0.305 e. The molecule has 3 N–H and O–H groups in total. The van der Waals surface area contributed by atoms with Crippen molar-refractivity contribution in [3.8, 4) is 0 Å². The number of aromatic nitrogens is 2. The van der Waals surface area contributed by atoms with E-state index in [1.807, 2.05) is 0 Å². The van der Waals surface area contributed by atoms with Crippen LogP contribution in [-0.2, 0) is 11.3 Å². The largest absolute Gasteiger partial charge is 0.481 e. The Labute approximate surface area is 86.8 Å². The summed E-state index contributed by atoms with van der Waals surface area (Å²) in [4.78, 5) is 10.2. The Balaban J connectivity index is 2.29. The third-order valence-corrected chi connectivity index (χ3v) is 1.91. The van der Waals surface area contributed by atoms with Gasteiger partial charge in [0.15, 0.2) is 0 Å². The molecule has 0 unspecified atom stereocenters. The minimum atomic E-state index is -1.08. The first-order chi connectivity index (χ1) is 7.08. The number of carbonyl (C=O) groups is 1. The molecule has 0 aliphatic carbocycles. The molecule has 1 rings (SSSR count). The summed E-state index contributed by atoms with van der Waals surface area (Å²) in [6.45, 7) is 0.254. The van der Waals surface area contributed by atoms with Gasteiger partial charge in [0, 0.05) is 18.8 Å². The molecule has 0 bridgehead atoms. The van der Waals surface area contributed by atoms with Crippen molar-refractivity contribution in [1.29, 1.82) is 0 Å². The van der Waals surface area contributed by atoms with Gasteiger partial charge in [-0.2, -0.15) is 5.10 Å². The van der Waals surface area contributed by atoms with Gasteiger partial charge in [0.1, 0.15) is 0 Å². The summed E-state index contributed by atoms with van der Waals surface area (Å²) < 4.78 is 1.53. The van der Waals surface area contributed by atoms with E-state index in [2.05, 4.69) is 5.10 Å². The van der Waals surface area contributed by atoms with E-state index in [4.69, 9.17) is 5.11 Å². The molecule has 0 saturated heterocycles. The van der Waals surface area contributed by atoms with Crippen LogP contribution in [-0.4, -0.2) is 43.3 Å². The standard InChI is InChI=1S/C9H14N2O4/c12-7(5-9(14)15)4-8(13)6-11-3-1-2-10-11/h1-3,7-8,12-13H,4-6H2,(H,14,15)/t7-,8-/m1/s1. The molecule has 0 spiro atoms. The molecule has 15 heavy (non-hydrogen) atoms. The number of hydrogen-bond donors (Lipinski definition) is 3. The van der Waals surface area contributed by atoms with Crippen LogP contribution < -0.4 is 0 Å². The van der Waals surface area contributed by atoms with Crippen molar-refractivity contribution < 1.29 is 20.1 Å². The minimum absolute atomic E-state index is 0.0339. The molecule has 2 atom stereocenters. The maximum absolute atomic E-state index is 10.2. The zero-order valence-electron chi connectivity index (χ0n) is 8.15. The first kappa shape index (κ1) is 11.7. The molecule has 6 heteroatoms. The molecular formula is C9H14N2O4. The maximum Gasteiger partial charge on any atom is 0.305 e. The van der Waals surface area contributed by atoms with Crippen molar-refractivity contribution in [3.63, 3.8) is 0 Å². The van der Waals surface area contributed by atoms with Crippen LogP contribution >= 0.6 is 0 Å². The Hall–Kier alpha value is -1.40. The second-order valence-corrected chi connectivity index (χ2v) is 3.37. The summed E-state index contributed by atoms with van der Waals surface area (Å²) in [5.41, 5.74) is 0. The van der Waals surface area contributed by atoms with E-state index < -0.39 is 18.2 Å². The highest BCUT2D eigenvalue weighted by molar-refractivity contribution is 5.67. The van der Waals surface area contributed by atoms with E-state index >= 15 is 0 Å². The van der Waals surface area contributed by atoms with Crippen molar-refractivity contribution >= 4 is 5.97 Å². The van der Waals surface area contributed by atoms with E-state index in [-0.39, 0.29) is 19.4 Å². The van der Waals surface area contributed by atoms with Crippen molar-refractivity contribution in [2.45, 2.75) is 31.6 Å². The highest BCUT2D eigenvalue weighted by atomic mass is 16.4. The molecular weight excluding hydrogens is 200 g/mol. The zero-order valence-corrected chi connectivity index (χ0v) is 8.15. The van der Waals surface area contributed by atoms with E-state index in [0.29, 0.717) is 0 Å². The van der Waals surface area contributed by atoms with Crippen LogP contribution in [0.1, 0.15) is 12.8 Å². The Morgan fingerprint density at radius 2 is 2.13 bits per heavy atom. The third kappa shape index (κ3) is 4.57. The zero-order chi connectivity index (χ0) is 11.3. The fraction of sp³-hybridized carbons (Fsp3) is 0.556. The summed E-state index contributed by atoms with van der Waals surface area (Å²) in [6.07, 6.45) is 1.14. The summed E-state index contributed by atoms with van der Waals surface area (Å²) in [5, 5.41) is 31.0. The Bertz CT molecular complexity index is 299. The van der Waals surface area contributed by atoms with Gasteiger partial charge >= 0.3 is 5.97 Å². The molecule has 1 heterocycles. The van der Waals surface area contributed by atoms with Gasteiger partial charge in [-0.05, 0) is 6.07 Å². The lowest BCUT2D eigenvalue weighted by Gasteiger charge is -2.13. The first-order valence-corrected chi connectivity index (χ1v) is 4.63. The second kappa shape index (κ2) is 5.47. The SMILES string of the molecule is O=C(O)C[C@H](O)C[C@@H](O)Cn1cccn1. The highest BCUT2D eigenvalue weighted by Crippen LogP contribution is 2.04. The average molecular weight is 214 g/mol. The van der Waals surface area contributed by atoms with Crippen LogP contribution in [0, 0.1) is 0 Å². The lowest BCUT2D eigenvalue weighted by atomic mass is 10.1. The number of aliphatic hydroxyl groups excluding tert-OH is 2. The van der Waals surface area contributed by atoms with Crippen molar-refractivity contribution in [3.05, 3.63) is 18.5 Å². The molecule has 0 saturated carbocycles. The lowest BCUT2D eigenvalue weighted by Crippen LogP contribution is -2.24. The van der Waals surface area contributed by atoms with Crippen molar-refractivity contribution in [2.24, 2.45) is 0 Å². The van der Waals surface area contributed by atoms with Crippen LogP contribution in [0.15, 0.2) is 18.5 Å². The first-order valence-electron chi connectivity index (χ1n) is 4.63. The number of aliphatic carboxylic acids is 1. The highest BCUT2D eigenvalue weighted by Gasteiger charge is 2.15. The Morgan fingerprint density at radius 3 is 2.67 bits per heavy atom. The predicted octanol–water partition coefficient (Wildman–Crippen LogP) is -0.530. The monoisotopic (exact) mass is 214 g/mol. The number of aliphatic hydroxyl groups is 2. The van der Waals surface area contributed by atoms with Crippen molar-refractivity contribution in [2.75, 3.05) is 0 Å². The third-order valence-electron chi connectivity index (χ3n) is 1.91.